The molecule has 166 valence electrons. The van der Waals surface area contributed by atoms with Gasteiger partial charge in [0, 0.05) is 37.3 Å². The summed E-state index contributed by atoms with van der Waals surface area (Å²) in [6.45, 7) is 9.29. The standard InChI is InChI=1S/C23H29N3O4S/c1-14-10-15(2)23(16(3)11-14)25-22(28)8-9-24-31(29,30)20-6-7-21-19(13-20)12-17(4)26(21)18(5)27/h6-7,10-11,13,17,24H,8-9,12H2,1-5H3,(H,25,28)/t17-/m0/s1. The number of fused-ring (bicyclic) bond motifs is 1. The van der Waals surface area contributed by atoms with Crippen LogP contribution in [-0.4, -0.2) is 32.8 Å². The van der Waals surface area contributed by atoms with E-state index in [0.29, 0.717) is 6.42 Å². The molecule has 1 atom stereocenters. The van der Waals surface area contributed by atoms with Crippen LogP contribution in [0.5, 0.6) is 0 Å². The number of aryl methyl sites for hydroxylation is 3. The highest BCUT2D eigenvalue weighted by molar-refractivity contribution is 7.89. The van der Waals surface area contributed by atoms with Crippen molar-refractivity contribution >= 4 is 33.2 Å². The molecule has 0 radical (unpaired) electrons. The summed E-state index contributed by atoms with van der Waals surface area (Å²) < 4.78 is 27.9. The third kappa shape index (κ3) is 4.97. The summed E-state index contributed by atoms with van der Waals surface area (Å²) in [5.41, 5.74) is 5.41. The average Bonchev–Trinajstić information content (AvgIpc) is 2.99. The van der Waals surface area contributed by atoms with Gasteiger partial charge in [-0.3, -0.25) is 9.59 Å². The summed E-state index contributed by atoms with van der Waals surface area (Å²) in [6.07, 6.45) is 0.627. The predicted molar refractivity (Wildman–Crippen MR) is 122 cm³/mol. The number of hydrogen-bond donors (Lipinski definition) is 2. The molecule has 2 amide bonds. The van der Waals surface area contributed by atoms with Crippen molar-refractivity contribution in [1.29, 1.82) is 0 Å². The van der Waals surface area contributed by atoms with Gasteiger partial charge in [-0.15, -0.1) is 0 Å². The fourth-order valence-electron chi connectivity index (χ4n) is 4.22. The van der Waals surface area contributed by atoms with Crippen LogP contribution in [0.2, 0.25) is 0 Å². The number of nitrogens with zero attached hydrogens (tertiary/aromatic N) is 1. The summed E-state index contributed by atoms with van der Waals surface area (Å²) in [7, 11) is -3.76. The number of nitrogens with one attached hydrogen (secondary N) is 2. The number of rotatable bonds is 6. The normalized spacial score (nSPS) is 15.6. The van der Waals surface area contributed by atoms with Gasteiger partial charge in [-0.2, -0.15) is 0 Å². The first kappa shape index (κ1) is 23.0. The number of carbonyl (C=O) groups excluding carboxylic acids is 2. The van der Waals surface area contributed by atoms with Crippen LogP contribution in [0, 0.1) is 20.8 Å². The van der Waals surface area contributed by atoms with Crippen molar-refractivity contribution in [3.8, 4) is 0 Å². The number of sulfonamides is 1. The second-order valence-electron chi connectivity index (χ2n) is 8.20. The van der Waals surface area contributed by atoms with E-state index in [0.717, 1.165) is 33.6 Å². The van der Waals surface area contributed by atoms with E-state index in [9.17, 15) is 18.0 Å². The van der Waals surface area contributed by atoms with Crippen LogP contribution in [0.4, 0.5) is 11.4 Å². The van der Waals surface area contributed by atoms with Gasteiger partial charge >= 0.3 is 0 Å². The van der Waals surface area contributed by atoms with Gasteiger partial charge < -0.3 is 10.2 Å². The van der Waals surface area contributed by atoms with Crippen LogP contribution >= 0.6 is 0 Å². The van der Waals surface area contributed by atoms with Crippen molar-refractivity contribution in [2.45, 2.75) is 58.4 Å². The first-order valence-corrected chi connectivity index (χ1v) is 11.8. The quantitative estimate of drug-likeness (QED) is 0.717. The molecule has 1 heterocycles. The lowest BCUT2D eigenvalue weighted by Gasteiger charge is -2.20. The van der Waals surface area contributed by atoms with Crippen molar-refractivity contribution in [1.82, 2.24) is 4.72 Å². The Balaban J connectivity index is 1.63. The third-order valence-electron chi connectivity index (χ3n) is 5.50. The summed E-state index contributed by atoms with van der Waals surface area (Å²) in [5.74, 6) is -0.317. The van der Waals surface area contributed by atoms with Gasteiger partial charge in [-0.1, -0.05) is 17.7 Å². The van der Waals surface area contributed by atoms with Crippen molar-refractivity contribution in [2.75, 3.05) is 16.8 Å². The van der Waals surface area contributed by atoms with Crippen LogP contribution < -0.4 is 14.9 Å². The number of hydrogen-bond acceptors (Lipinski definition) is 4. The molecule has 0 bridgehead atoms. The minimum Gasteiger partial charge on any atom is -0.326 e. The van der Waals surface area contributed by atoms with E-state index in [2.05, 4.69) is 10.0 Å². The van der Waals surface area contributed by atoms with Gasteiger partial charge in [0.15, 0.2) is 0 Å². The Hall–Kier alpha value is -2.71. The highest BCUT2D eigenvalue weighted by Crippen LogP contribution is 2.33. The fourth-order valence-corrected chi connectivity index (χ4v) is 5.30. The molecule has 0 aromatic heterocycles. The molecule has 7 nitrogen and oxygen atoms in total. The first-order chi connectivity index (χ1) is 14.5. The van der Waals surface area contributed by atoms with Gasteiger partial charge in [0.1, 0.15) is 0 Å². The van der Waals surface area contributed by atoms with E-state index in [4.69, 9.17) is 0 Å². The van der Waals surface area contributed by atoms with Crippen LogP contribution in [0.25, 0.3) is 0 Å². The zero-order chi connectivity index (χ0) is 22.9. The molecule has 3 rings (SSSR count). The molecule has 1 aliphatic rings. The van der Waals surface area contributed by atoms with Gasteiger partial charge in [0.25, 0.3) is 0 Å². The molecule has 0 saturated carbocycles. The molecule has 8 heteroatoms. The highest BCUT2D eigenvalue weighted by Gasteiger charge is 2.30. The highest BCUT2D eigenvalue weighted by atomic mass is 32.2. The summed E-state index contributed by atoms with van der Waals surface area (Å²) in [4.78, 5) is 26.0. The van der Waals surface area contributed by atoms with Crippen LogP contribution in [0.3, 0.4) is 0 Å². The molecule has 2 aromatic rings. The lowest BCUT2D eigenvalue weighted by Crippen LogP contribution is -2.33. The van der Waals surface area contributed by atoms with E-state index in [1.807, 2.05) is 39.8 Å². The summed E-state index contributed by atoms with van der Waals surface area (Å²) in [6, 6.07) is 8.76. The molecule has 1 aliphatic heterocycles. The van der Waals surface area contributed by atoms with Gasteiger partial charge in [0.2, 0.25) is 21.8 Å². The number of carbonyl (C=O) groups is 2. The molecule has 0 aliphatic carbocycles. The predicted octanol–water partition coefficient (Wildman–Crippen LogP) is 3.22. The topological polar surface area (TPSA) is 95.6 Å². The largest absolute Gasteiger partial charge is 0.326 e. The molecule has 2 aromatic carbocycles. The van der Waals surface area contributed by atoms with E-state index in [-0.39, 0.29) is 35.7 Å². The molecule has 0 unspecified atom stereocenters. The molecular formula is C23H29N3O4S. The van der Waals surface area contributed by atoms with E-state index in [1.54, 1.807) is 17.0 Å². The SMILES string of the molecule is CC(=O)N1c2ccc(S(=O)(=O)NCCC(=O)Nc3c(C)cc(C)cc3C)cc2C[C@@H]1C. The smallest absolute Gasteiger partial charge is 0.240 e. The van der Waals surface area contributed by atoms with Crippen molar-refractivity contribution in [2.24, 2.45) is 0 Å². The van der Waals surface area contributed by atoms with E-state index >= 15 is 0 Å². The number of amides is 2. The third-order valence-corrected chi connectivity index (χ3v) is 6.96. The zero-order valence-corrected chi connectivity index (χ0v) is 19.4. The Bertz CT molecular complexity index is 1120. The lowest BCUT2D eigenvalue weighted by molar-refractivity contribution is -0.117. The van der Waals surface area contributed by atoms with Gasteiger partial charge in [-0.25, -0.2) is 13.1 Å². The van der Waals surface area contributed by atoms with Crippen molar-refractivity contribution in [3.05, 3.63) is 52.6 Å². The second-order valence-corrected chi connectivity index (χ2v) is 9.97. The first-order valence-electron chi connectivity index (χ1n) is 10.3. The minimum atomic E-state index is -3.76. The molecule has 0 spiro atoms. The maximum absolute atomic E-state index is 12.7. The Morgan fingerprint density at radius 2 is 1.74 bits per heavy atom. The molecular weight excluding hydrogens is 414 g/mol. The second kappa shape index (κ2) is 8.80. The average molecular weight is 444 g/mol. The van der Waals surface area contributed by atoms with E-state index < -0.39 is 10.0 Å². The Morgan fingerprint density at radius 1 is 1.10 bits per heavy atom. The van der Waals surface area contributed by atoms with E-state index in [1.165, 1.54) is 13.0 Å². The summed E-state index contributed by atoms with van der Waals surface area (Å²) >= 11 is 0. The maximum atomic E-state index is 12.7. The Morgan fingerprint density at radius 3 is 2.35 bits per heavy atom. The minimum absolute atomic E-state index is 0.00389. The van der Waals surface area contributed by atoms with Gasteiger partial charge in [0.05, 0.1) is 4.90 Å². The molecule has 2 N–H and O–H groups in total. The van der Waals surface area contributed by atoms with Gasteiger partial charge in [-0.05, 0) is 69.0 Å². The van der Waals surface area contributed by atoms with Crippen LogP contribution in [-0.2, 0) is 26.0 Å². The molecule has 0 fully saturated rings. The maximum Gasteiger partial charge on any atom is 0.240 e. The number of anilines is 2. The van der Waals surface area contributed by atoms with Crippen LogP contribution in [0.15, 0.2) is 35.2 Å². The Labute approximate surface area is 183 Å². The fraction of sp³-hybridized carbons (Fsp3) is 0.391. The van der Waals surface area contributed by atoms with Crippen molar-refractivity contribution in [3.63, 3.8) is 0 Å². The molecule has 31 heavy (non-hydrogen) atoms. The number of benzene rings is 2. The van der Waals surface area contributed by atoms with Crippen LogP contribution in [0.1, 0.15) is 42.5 Å². The monoisotopic (exact) mass is 443 g/mol. The van der Waals surface area contributed by atoms with Crippen molar-refractivity contribution < 1.29 is 18.0 Å². The lowest BCUT2D eigenvalue weighted by atomic mass is 10.1. The summed E-state index contributed by atoms with van der Waals surface area (Å²) in [5, 5.41) is 2.87. The zero-order valence-electron chi connectivity index (χ0n) is 18.6. The Kier molecular flexibility index (Phi) is 6.52. The molecule has 0 saturated heterocycles.